The van der Waals surface area contributed by atoms with Gasteiger partial charge in [0, 0.05) is 30.9 Å². The average molecular weight is 353 g/mol. The molecule has 1 aliphatic heterocycles. The summed E-state index contributed by atoms with van der Waals surface area (Å²) in [6, 6.07) is 2.13. The first-order valence-corrected chi connectivity index (χ1v) is 10.1. The Labute approximate surface area is 139 Å². The zero-order valence-corrected chi connectivity index (χ0v) is 14.4. The van der Waals surface area contributed by atoms with E-state index in [4.69, 9.17) is 5.73 Å². The SMILES string of the molecule is CS(=O)(=O)N1CCC(Nc2ncc(-c3ccsc3)c(N)n2)CC1. The maximum atomic E-state index is 11.5. The molecule has 0 aromatic carbocycles. The van der Waals surface area contributed by atoms with Gasteiger partial charge in [-0.05, 0) is 35.2 Å². The Morgan fingerprint density at radius 2 is 2.13 bits per heavy atom. The molecule has 2 aromatic heterocycles. The smallest absolute Gasteiger partial charge is 0.224 e. The molecule has 0 bridgehead atoms. The van der Waals surface area contributed by atoms with Crippen LogP contribution >= 0.6 is 11.3 Å². The molecule has 9 heteroatoms. The van der Waals surface area contributed by atoms with Gasteiger partial charge >= 0.3 is 0 Å². The molecule has 0 saturated carbocycles. The molecular formula is C14H19N5O2S2. The van der Waals surface area contributed by atoms with Crippen molar-refractivity contribution in [3.05, 3.63) is 23.0 Å². The molecule has 3 rings (SSSR count). The molecule has 3 N–H and O–H groups in total. The van der Waals surface area contributed by atoms with Crippen LogP contribution in [-0.4, -0.2) is 48.1 Å². The van der Waals surface area contributed by atoms with E-state index in [0.29, 0.717) is 24.9 Å². The Morgan fingerprint density at radius 3 is 2.70 bits per heavy atom. The van der Waals surface area contributed by atoms with Gasteiger partial charge in [-0.25, -0.2) is 17.7 Å². The van der Waals surface area contributed by atoms with Crippen LogP contribution in [-0.2, 0) is 10.0 Å². The standard InChI is InChI=1S/C14H19N5O2S2/c1-23(20,21)19-5-2-11(3-6-19)17-14-16-8-12(13(15)18-14)10-4-7-22-9-10/h4,7-9,11H,2-3,5-6H2,1H3,(H3,15,16,17,18). The Morgan fingerprint density at radius 1 is 1.39 bits per heavy atom. The number of nitrogen functional groups attached to an aromatic ring is 1. The van der Waals surface area contributed by atoms with Gasteiger partial charge in [0.15, 0.2) is 0 Å². The van der Waals surface area contributed by atoms with Gasteiger partial charge in [0.2, 0.25) is 16.0 Å². The predicted octanol–water partition coefficient (Wildman–Crippen LogP) is 1.62. The molecule has 124 valence electrons. The second-order valence-electron chi connectivity index (χ2n) is 5.59. The highest BCUT2D eigenvalue weighted by Crippen LogP contribution is 2.26. The molecule has 1 fully saturated rings. The van der Waals surface area contributed by atoms with E-state index in [1.54, 1.807) is 17.5 Å². The zero-order chi connectivity index (χ0) is 16.4. The number of piperidine rings is 1. The molecule has 0 unspecified atom stereocenters. The van der Waals surface area contributed by atoms with Gasteiger partial charge in [0.1, 0.15) is 5.82 Å². The van der Waals surface area contributed by atoms with Gasteiger partial charge in [-0.2, -0.15) is 16.3 Å². The van der Waals surface area contributed by atoms with Gasteiger partial charge in [-0.1, -0.05) is 0 Å². The molecule has 0 atom stereocenters. The molecule has 0 amide bonds. The summed E-state index contributed by atoms with van der Waals surface area (Å²) < 4.78 is 24.5. The lowest BCUT2D eigenvalue weighted by molar-refractivity contribution is 0.331. The van der Waals surface area contributed by atoms with Crippen molar-refractivity contribution in [3.8, 4) is 11.1 Å². The van der Waals surface area contributed by atoms with E-state index < -0.39 is 10.0 Å². The quantitative estimate of drug-likeness (QED) is 0.866. The molecule has 0 spiro atoms. The summed E-state index contributed by atoms with van der Waals surface area (Å²) in [5.41, 5.74) is 7.86. The van der Waals surface area contributed by atoms with Gasteiger partial charge in [0.25, 0.3) is 0 Å². The third kappa shape index (κ3) is 3.80. The fraction of sp³-hybridized carbons (Fsp3) is 0.429. The molecule has 7 nitrogen and oxygen atoms in total. The minimum absolute atomic E-state index is 0.152. The fourth-order valence-corrected chi connectivity index (χ4v) is 4.15. The van der Waals surface area contributed by atoms with Crippen LogP contribution in [0.15, 0.2) is 23.0 Å². The lowest BCUT2D eigenvalue weighted by Crippen LogP contribution is -2.42. The van der Waals surface area contributed by atoms with Crippen molar-refractivity contribution in [2.45, 2.75) is 18.9 Å². The van der Waals surface area contributed by atoms with Gasteiger partial charge < -0.3 is 11.1 Å². The van der Waals surface area contributed by atoms with E-state index >= 15 is 0 Å². The Hall–Kier alpha value is -1.71. The summed E-state index contributed by atoms with van der Waals surface area (Å²) in [5.74, 6) is 0.925. The number of hydrogen-bond acceptors (Lipinski definition) is 7. The molecule has 1 saturated heterocycles. The minimum atomic E-state index is -3.10. The third-order valence-corrected chi connectivity index (χ3v) is 5.89. The number of aromatic nitrogens is 2. The maximum Gasteiger partial charge on any atom is 0.224 e. The molecule has 0 radical (unpaired) electrons. The monoisotopic (exact) mass is 353 g/mol. The van der Waals surface area contributed by atoms with Crippen LogP contribution < -0.4 is 11.1 Å². The Balaban J connectivity index is 1.65. The summed E-state index contributed by atoms with van der Waals surface area (Å²) in [6.45, 7) is 1.03. The summed E-state index contributed by atoms with van der Waals surface area (Å²) in [6.07, 6.45) is 4.41. The van der Waals surface area contributed by atoms with E-state index in [1.165, 1.54) is 10.6 Å². The van der Waals surface area contributed by atoms with E-state index in [9.17, 15) is 8.42 Å². The number of thiophene rings is 1. The molecular weight excluding hydrogens is 334 g/mol. The van der Waals surface area contributed by atoms with Crippen molar-refractivity contribution >= 4 is 33.1 Å². The number of sulfonamides is 1. The van der Waals surface area contributed by atoms with Crippen LogP contribution in [0, 0.1) is 0 Å². The largest absolute Gasteiger partial charge is 0.383 e. The number of nitrogens with two attached hydrogens (primary N) is 1. The topological polar surface area (TPSA) is 101 Å². The molecule has 1 aliphatic rings. The number of nitrogens with one attached hydrogen (secondary N) is 1. The molecule has 3 heterocycles. The van der Waals surface area contributed by atoms with Crippen LogP contribution in [0.3, 0.4) is 0 Å². The van der Waals surface area contributed by atoms with Crippen molar-refractivity contribution in [2.75, 3.05) is 30.4 Å². The number of nitrogens with zero attached hydrogens (tertiary/aromatic N) is 3. The van der Waals surface area contributed by atoms with E-state index in [-0.39, 0.29) is 6.04 Å². The van der Waals surface area contributed by atoms with Crippen molar-refractivity contribution < 1.29 is 8.42 Å². The lowest BCUT2D eigenvalue weighted by Gasteiger charge is -2.30. The summed E-state index contributed by atoms with van der Waals surface area (Å²) in [7, 11) is -3.10. The second kappa shape index (κ2) is 6.42. The Bertz CT molecular complexity index is 768. The van der Waals surface area contributed by atoms with Crippen molar-refractivity contribution in [1.82, 2.24) is 14.3 Å². The van der Waals surface area contributed by atoms with E-state index in [2.05, 4.69) is 15.3 Å². The highest BCUT2D eigenvalue weighted by molar-refractivity contribution is 7.88. The van der Waals surface area contributed by atoms with Gasteiger partial charge in [0.05, 0.1) is 6.26 Å². The summed E-state index contributed by atoms with van der Waals surface area (Å²) in [4.78, 5) is 8.65. The summed E-state index contributed by atoms with van der Waals surface area (Å²) >= 11 is 1.60. The van der Waals surface area contributed by atoms with Crippen LogP contribution in [0.25, 0.3) is 11.1 Å². The first kappa shape index (κ1) is 16.2. The number of anilines is 2. The van der Waals surface area contributed by atoms with Crippen LogP contribution in [0.2, 0.25) is 0 Å². The minimum Gasteiger partial charge on any atom is -0.383 e. The van der Waals surface area contributed by atoms with Crippen LogP contribution in [0.4, 0.5) is 11.8 Å². The van der Waals surface area contributed by atoms with Crippen LogP contribution in [0.1, 0.15) is 12.8 Å². The normalized spacial score (nSPS) is 17.3. The first-order chi connectivity index (χ1) is 10.9. The fourth-order valence-electron chi connectivity index (χ4n) is 2.62. The first-order valence-electron chi connectivity index (χ1n) is 7.30. The third-order valence-electron chi connectivity index (χ3n) is 3.91. The maximum absolute atomic E-state index is 11.5. The average Bonchev–Trinajstić information content (AvgIpc) is 3.01. The molecule has 0 aliphatic carbocycles. The molecule has 2 aromatic rings. The zero-order valence-electron chi connectivity index (χ0n) is 12.8. The predicted molar refractivity (Wildman–Crippen MR) is 92.8 cm³/mol. The second-order valence-corrected chi connectivity index (χ2v) is 8.35. The highest BCUT2D eigenvalue weighted by Gasteiger charge is 2.25. The highest BCUT2D eigenvalue weighted by atomic mass is 32.2. The Kier molecular flexibility index (Phi) is 4.51. The van der Waals surface area contributed by atoms with E-state index in [1.807, 2.05) is 16.8 Å². The number of rotatable bonds is 4. The summed E-state index contributed by atoms with van der Waals surface area (Å²) in [5, 5.41) is 7.23. The molecule has 23 heavy (non-hydrogen) atoms. The van der Waals surface area contributed by atoms with Crippen LogP contribution in [0.5, 0.6) is 0 Å². The van der Waals surface area contributed by atoms with E-state index in [0.717, 1.165) is 24.0 Å². The van der Waals surface area contributed by atoms with Crippen molar-refractivity contribution in [3.63, 3.8) is 0 Å². The lowest BCUT2D eigenvalue weighted by atomic mass is 10.1. The number of hydrogen-bond donors (Lipinski definition) is 2. The van der Waals surface area contributed by atoms with Crippen molar-refractivity contribution in [1.29, 1.82) is 0 Å². The van der Waals surface area contributed by atoms with Gasteiger partial charge in [-0.15, -0.1) is 0 Å². The van der Waals surface area contributed by atoms with Gasteiger partial charge in [-0.3, -0.25) is 0 Å². The van der Waals surface area contributed by atoms with Crippen molar-refractivity contribution in [2.24, 2.45) is 0 Å².